The second-order valence-corrected chi connectivity index (χ2v) is 5.46. The van der Waals surface area contributed by atoms with Crippen molar-refractivity contribution < 1.29 is 19.0 Å². The minimum absolute atomic E-state index is 0.0498. The molecule has 126 valence electrons. The average molecular weight is 328 g/mol. The van der Waals surface area contributed by atoms with Gasteiger partial charge in [-0.2, -0.15) is 0 Å². The lowest BCUT2D eigenvalue weighted by Gasteiger charge is -2.36. The third-order valence-corrected chi connectivity index (χ3v) is 4.19. The zero-order valence-electron chi connectivity index (χ0n) is 14.1. The van der Waals surface area contributed by atoms with Gasteiger partial charge >= 0.3 is 0 Å². The van der Waals surface area contributed by atoms with Crippen molar-refractivity contribution in [2.45, 2.75) is 6.17 Å². The van der Waals surface area contributed by atoms with E-state index in [1.54, 1.807) is 39.3 Å². The van der Waals surface area contributed by atoms with E-state index in [2.05, 4.69) is 5.32 Å². The van der Waals surface area contributed by atoms with Crippen molar-refractivity contribution in [3.63, 3.8) is 0 Å². The van der Waals surface area contributed by atoms with Crippen LogP contribution in [0.15, 0.2) is 36.4 Å². The van der Waals surface area contributed by atoms with Crippen LogP contribution in [0.3, 0.4) is 0 Å². The molecule has 1 aliphatic rings. The van der Waals surface area contributed by atoms with Crippen LogP contribution in [-0.4, -0.2) is 39.2 Å². The molecule has 0 bridgehead atoms. The largest absolute Gasteiger partial charge is 0.496 e. The van der Waals surface area contributed by atoms with Crippen LogP contribution >= 0.6 is 0 Å². The summed E-state index contributed by atoms with van der Waals surface area (Å²) in [6.45, 7) is 0. The molecule has 0 spiro atoms. The van der Waals surface area contributed by atoms with Gasteiger partial charge in [0, 0.05) is 24.4 Å². The van der Waals surface area contributed by atoms with Crippen molar-refractivity contribution in [2.24, 2.45) is 0 Å². The zero-order valence-corrected chi connectivity index (χ0v) is 14.1. The number of benzene rings is 2. The molecule has 1 aliphatic heterocycles. The molecule has 2 aromatic carbocycles. The number of hydrogen-bond donors (Lipinski definition) is 1. The van der Waals surface area contributed by atoms with Gasteiger partial charge in [-0.1, -0.05) is 12.1 Å². The summed E-state index contributed by atoms with van der Waals surface area (Å²) in [7, 11) is 6.49. The fourth-order valence-corrected chi connectivity index (χ4v) is 2.90. The second kappa shape index (κ2) is 6.31. The zero-order chi connectivity index (χ0) is 17.3. The van der Waals surface area contributed by atoms with Crippen molar-refractivity contribution in [2.75, 3.05) is 33.7 Å². The van der Waals surface area contributed by atoms with E-state index in [4.69, 9.17) is 14.2 Å². The number of ether oxygens (including phenoxy) is 3. The lowest BCUT2D eigenvalue weighted by atomic mass is 10.0. The van der Waals surface area contributed by atoms with Crippen LogP contribution in [0.1, 0.15) is 22.1 Å². The van der Waals surface area contributed by atoms with Crippen LogP contribution in [0.2, 0.25) is 0 Å². The van der Waals surface area contributed by atoms with Crippen molar-refractivity contribution in [3.05, 3.63) is 47.5 Å². The van der Waals surface area contributed by atoms with Crippen LogP contribution < -0.4 is 19.5 Å². The molecular weight excluding hydrogens is 308 g/mol. The third-order valence-electron chi connectivity index (χ3n) is 4.19. The summed E-state index contributed by atoms with van der Waals surface area (Å²) in [5.41, 5.74) is 2.23. The Kier molecular flexibility index (Phi) is 4.20. The average Bonchev–Trinajstić information content (AvgIpc) is 2.63. The van der Waals surface area contributed by atoms with Crippen molar-refractivity contribution in [3.8, 4) is 17.2 Å². The van der Waals surface area contributed by atoms with Gasteiger partial charge in [0.25, 0.3) is 5.91 Å². The molecule has 0 fully saturated rings. The Morgan fingerprint density at radius 3 is 2.25 bits per heavy atom. The van der Waals surface area contributed by atoms with Crippen LogP contribution in [0.4, 0.5) is 5.69 Å². The van der Waals surface area contributed by atoms with Crippen molar-refractivity contribution in [1.29, 1.82) is 0 Å². The van der Waals surface area contributed by atoms with Gasteiger partial charge < -0.3 is 24.4 Å². The van der Waals surface area contributed by atoms with E-state index in [0.717, 1.165) is 11.3 Å². The summed E-state index contributed by atoms with van der Waals surface area (Å²) in [4.78, 5) is 14.3. The number of methoxy groups -OCH3 is 3. The maximum absolute atomic E-state index is 12.7. The summed E-state index contributed by atoms with van der Waals surface area (Å²) in [6.07, 6.45) is -0.373. The summed E-state index contributed by atoms with van der Waals surface area (Å²) in [6, 6.07) is 11.0. The molecule has 2 aromatic rings. The molecule has 0 saturated carbocycles. The Labute approximate surface area is 140 Å². The first-order valence-corrected chi connectivity index (χ1v) is 7.53. The molecule has 6 heteroatoms. The Hall–Kier alpha value is -2.89. The summed E-state index contributed by atoms with van der Waals surface area (Å²) < 4.78 is 16.2. The molecule has 24 heavy (non-hydrogen) atoms. The van der Waals surface area contributed by atoms with E-state index in [-0.39, 0.29) is 12.1 Å². The van der Waals surface area contributed by atoms with E-state index in [1.165, 1.54) is 0 Å². The summed E-state index contributed by atoms with van der Waals surface area (Å²) >= 11 is 0. The highest BCUT2D eigenvalue weighted by atomic mass is 16.5. The number of carbonyl (C=O) groups is 1. The molecule has 0 saturated heterocycles. The molecule has 3 rings (SSSR count). The maximum atomic E-state index is 12.7. The van der Waals surface area contributed by atoms with E-state index < -0.39 is 0 Å². The highest BCUT2D eigenvalue weighted by molar-refractivity contribution is 6.01. The van der Waals surface area contributed by atoms with Gasteiger partial charge in [0.05, 0.1) is 26.9 Å². The Morgan fingerprint density at radius 1 is 0.958 bits per heavy atom. The number of hydrogen-bond acceptors (Lipinski definition) is 5. The standard InChI is InChI=1S/C18H20N2O4/c1-20-17(19-13-8-6-5-7-11(13)18(20)21)12-9-15(23-3)16(24-4)10-14(12)22-2/h5-10,17,19H,1-4H3. The van der Waals surface area contributed by atoms with Gasteiger partial charge in [-0.05, 0) is 18.2 Å². The van der Waals surface area contributed by atoms with Crippen LogP contribution in [0, 0.1) is 0 Å². The van der Waals surface area contributed by atoms with Crippen molar-refractivity contribution >= 4 is 11.6 Å². The van der Waals surface area contributed by atoms with Gasteiger partial charge in [0.1, 0.15) is 11.9 Å². The molecule has 1 heterocycles. The number of nitrogens with zero attached hydrogens (tertiary/aromatic N) is 1. The van der Waals surface area contributed by atoms with Gasteiger partial charge in [-0.15, -0.1) is 0 Å². The highest BCUT2D eigenvalue weighted by Crippen LogP contribution is 2.41. The molecule has 0 radical (unpaired) electrons. The first kappa shape index (κ1) is 16.0. The Bertz CT molecular complexity index is 776. The molecule has 1 unspecified atom stereocenters. The lowest BCUT2D eigenvalue weighted by Crippen LogP contribution is -2.40. The third kappa shape index (κ3) is 2.50. The van der Waals surface area contributed by atoms with Crippen LogP contribution in [0.5, 0.6) is 17.2 Å². The number of carbonyl (C=O) groups excluding carboxylic acids is 1. The van der Waals surface area contributed by atoms with Crippen LogP contribution in [-0.2, 0) is 0 Å². The maximum Gasteiger partial charge on any atom is 0.257 e. The van der Waals surface area contributed by atoms with Gasteiger partial charge in [-0.3, -0.25) is 4.79 Å². The van der Waals surface area contributed by atoms with Crippen LogP contribution in [0.25, 0.3) is 0 Å². The predicted molar refractivity (Wildman–Crippen MR) is 91.0 cm³/mol. The number of nitrogens with one attached hydrogen (secondary N) is 1. The summed E-state index contributed by atoms with van der Waals surface area (Å²) in [5, 5.41) is 3.39. The fraction of sp³-hybridized carbons (Fsp3) is 0.278. The second-order valence-electron chi connectivity index (χ2n) is 5.46. The quantitative estimate of drug-likeness (QED) is 0.935. The first-order chi connectivity index (χ1) is 11.6. The molecule has 0 aromatic heterocycles. The Balaban J connectivity index is 2.10. The van der Waals surface area contributed by atoms with E-state index >= 15 is 0 Å². The van der Waals surface area contributed by atoms with Gasteiger partial charge in [-0.25, -0.2) is 0 Å². The first-order valence-electron chi connectivity index (χ1n) is 7.53. The smallest absolute Gasteiger partial charge is 0.257 e. The van der Waals surface area contributed by atoms with E-state index in [0.29, 0.717) is 22.8 Å². The SMILES string of the molecule is COc1cc(OC)c(C2Nc3ccccc3C(=O)N2C)cc1OC. The van der Waals surface area contributed by atoms with E-state index in [9.17, 15) is 4.79 Å². The molecule has 1 N–H and O–H groups in total. The molecule has 1 atom stereocenters. The molecular formula is C18H20N2O4. The van der Waals surface area contributed by atoms with Crippen molar-refractivity contribution in [1.82, 2.24) is 4.90 Å². The Morgan fingerprint density at radius 2 is 1.58 bits per heavy atom. The molecule has 1 amide bonds. The minimum Gasteiger partial charge on any atom is -0.496 e. The normalized spacial score (nSPS) is 16.2. The number of amides is 1. The predicted octanol–water partition coefficient (Wildman–Crippen LogP) is 2.91. The molecule has 6 nitrogen and oxygen atoms in total. The fourth-order valence-electron chi connectivity index (χ4n) is 2.90. The summed E-state index contributed by atoms with van der Waals surface area (Å²) in [5.74, 6) is 1.72. The van der Waals surface area contributed by atoms with Gasteiger partial charge in [0.2, 0.25) is 0 Å². The highest BCUT2D eigenvalue weighted by Gasteiger charge is 2.32. The van der Waals surface area contributed by atoms with E-state index in [1.807, 2.05) is 30.3 Å². The number of rotatable bonds is 4. The monoisotopic (exact) mass is 328 g/mol. The van der Waals surface area contributed by atoms with Gasteiger partial charge in [0.15, 0.2) is 11.5 Å². The number of anilines is 1. The number of fused-ring (bicyclic) bond motifs is 1. The lowest BCUT2D eigenvalue weighted by molar-refractivity contribution is 0.0733. The minimum atomic E-state index is -0.373. The number of para-hydroxylation sites is 1. The molecule has 0 aliphatic carbocycles. The topological polar surface area (TPSA) is 60.0 Å².